The number of ether oxygens (including phenoxy) is 2. The number of benzene rings is 3. The molecule has 0 amide bonds. The number of hydrogen-bond donors (Lipinski definition) is 1. The van der Waals surface area contributed by atoms with E-state index < -0.39 is 10.0 Å². The first-order valence-electron chi connectivity index (χ1n) is 10.3. The predicted octanol–water partition coefficient (Wildman–Crippen LogP) is 4.93. The Morgan fingerprint density at radius 1 is 0.875 bits per heavy atom. The van der Waals surface area contributed by atoms with Crippen LogP contribution in [0, 0.1) is 6.92 Å². The zero-order chi connectivity index (χ0) is 22.7. The number of anilines is 1. The molecule has 0 fully saturated rings. The van der Waals surface area contributed by atoms with Gasteiger partial charge in [0.05, 0.1) is 19.1 Å². The molecule has 4 rings (SSSR count). The van der Waals surface area contributed by atoms with Crippen molar-refractivity contribution in [2.75, 3.05) is 25.1 Å². The van der Waals surface area contributed by atoms with Crippen LogP contribution in [0.15, 0.2) is 77.7 Å². The molecule has 0 atom stereocenters. The smallest absolute Gasteiger partial charge is 0.265 e. The Morgan fingerprint density at radius 3 is 2.28 bits per heavy atom. The van der Waals surface area contributed by atoms with E-state index in [1.165, 1.54) is 4.31 Å². The van der Waals surface area contributed by atoms with Crippen molar-refractivity contribution in [2.24, 2.45) is 0 Å². The molecule has 7 heteroatoms. The van der Waals surface area contributed by atoms with Gasteiger partial charge in [-0.15, -0.1) is 0 Å². The number of aryl methyl sites for hydroxylation is 1. The highest BCUT2D eigenvalue weighted by molar-refractivity contribution is 7.92. The SMILES string of the molecule is COc1ccc(CCN(c2cc3ccccc3[nH]2)S(=O)(=O)c2ccc(C)cc2)cc1OC. The minimum Gasteiger partial charge on any atom is -0.493 e. The highest BCUT2D eigenvalue weighted by Crippen LogP contribution is 2.30. The number of methoxy groups -OCH3 is 2. The van der Waals surface area contributed by atoms with Gasteiger partial charge in [0.25, 0.3) is 10.0 Å². The van der Waals surface area contributed by atoms with Gasteiger partial charge in [-0.05, 0) is 55.3 Å². The second-order valence-electron chi connectivity index (χ2n) is 7.57. The summed E-state index contributed by atoms with van der Waals surface area (Å²) in [6.07, 6.45) is 0.501. The van der Waals surface area contributed by atoms with E-state index in [1.807, 2.05) is 67.6 Å². The molecule has 0 bridgehead atoms. The Kier molecular flexibility index (Phi) is 6.10. The van der Waals surface area contributed by atoms with Crippen molar-refractivity contribution in [3.05, 3.63) is 83.9 Å². The number of hydrogen-bond acceptors (Lipinski definition) is 4. The van der Waals surface area contributed by atoms with Gasteiger partial charge in [-0.3, -0.25) is 4.31 Å². The first kappa shape index (κ1) is 21.8. The van der Waals surface area contributed by atoms with E-state index in [1.54, 1.807) is 26.4 Å². The quantitative estimate of drug-likeness (QED) is 0.413. The van der Waals surface area contributed by atoms with Gasteiger partial charge in [0.2, 0.25) is 0 Å². The third kappa shape index (κ3) is 4.29. The van der Waals surface area contributed by atoms with Crippen molar-refractivity contribution in [1.29, 1.82) is 0 Å². The van der Waals surface area contributed by atoms with Crippen LogP contribution < -0.4 is 13.8 Å². The van der Waals surface area contributed by atoms with Gasteiger partial charge in [0, 0.05) is 17.4 Å². The monoisotopic (exact) mass is 450 g/mol. The second kappa shape index (κ2) is 8.96. The first-order valence-corrected chi connectivity index (χ1v) is 11.7. The average molecular weight is 451 g/mol. The molecule has 0 saturated carbocycles. The lowest BCUT2D eigenvalue weighted by atomic mass is 10.1. The minimum absolute atomic E-state index is 0.258. The number of para-hydroxylation sites is 1. The van der Waals surface area contributed by atoms with Crippen LogP contribution in [-0.4, -0.2) is 34.2 Å². The van der Waals surface area contributed by atoms with Crippen molar-refractivity contribution in [2.45, 2.75) is 18.2 Å². The van der Waals surface area contributed by atoms with Gasteiger partial charge in [0.15, 0.2) is 11.5 Å². The summed E-state index contributed by atoms with van der Waals surface area (Å²) in [5, 5.41) is 0.956. The summed E-state index contributed by atoms with van der Waals surface area (Å²) in [6, 6.07) is 22.2. The molecule has 6 nitrogen and oxygen atoms in total. The van der Waals surface area contributed by atoms with Gasteiger partial charge in [-0.25, -0.2) is 8.42 Å². The van der Waals surface area contributed by atoms with E-state index in [2.05, 4.69) is 4.98 Å². The fraction of sp³-hybridized carbons (Fsp3) is 0.200. The highest BCUT2D eigenvalue weighted by atomic mass is 32.2. The Balaban J connectivity index is 1.71. The van der Waals surface area contributed by atoms with E-state index >= 15 is 0 Å². The van der Waals surface area contributed by atoms with E-state index in [9.17, 15) is 8.42 Å². The van der Waals surface area contributed by atoms with Crippen molar-refractivity contribution >= 4 is 26.7 Å². The van der Waals surface area contributed by atoms with Crippen molar-refractivity contribution in [3.8, 4) is 11.5 Å². The Hall–Kier alpha value is -3.45. The van der Waals surface area contributed by atoms with Crippen molar-refractivity contribution < 1.29 is 17.9 Å². The molecule has 1 N–H and O–H groups in total. The summed E-state index contributed by atoms with van der Waals surface area (Å²) in [7, 11) is -0.601. The van der Waals surface area contributed by atoms with E-state index in [0.717, 1.165) is 22.0 Å². The van der Waals surface area contributed by atoms with Crippen LogP contribution >= 0.6 is 0 Å². The molecule has 0 saturated heterocycles. The standard InChI is InChI=1S/C25H26N2O4S/c1-18-8-11-21(12-9-18)32(28,29)27(25-17-20-6-4-5-7-22(20)26-25)15-14-19-10-13-23(30-2)24(16-19)31-3/h4-13,16-17,26H,14-15H2,1-3H3. The number of H-pyrrole nitrogens is 1. The van der Waals surface area contributed by atoms with Crippen LogP contribution in [0.3, 0.4) is 0 Å². The van der Waals surface area contributed by atoms with E-state index in [-0.39, 0.29) is 11.4 Å². The lowest BCUT2D eigenvalue weighted by Gasteiger charge is -2.23. The Labute approximate surface area is 188 Å². The lowest BCUT2D eigenvalue weighted by Crippen LogP contribution is -2.33. The van der Waals surface area contributed by atoms with Gasteiger partial charge in [0.1, 0.15) is 5.82 Å². The molecule has 0 aliphatic rings. The predicted molar refractivity (Wildman–Crippen MR) is 127 cm³/mol. The maximum Gasteiger partial charge on any atom is 0.265 e. The summed E-state index contributed by atoms with van der Waals surface area (Å²) in [5.41, 5.74) is 2.84. The number of aromatic amines is 1. The Morgan fingerprint density at radius 2 is 1.59 bits per heavy atom. The number of aromatic nitrogens is 1. The summed E-state index contributed by atoms with van der Waals surface area (Å²) in [4.78, 5) is 3.52. The fourth-order valence-corrected chi connectivity index (χ4v) is 5.09. The zero-order valence-corrected chi connectivity index (χ0v) is 19.1. The summed E-state index contributed by atoms with van der Waals surface area (Å²) < 4.78 is 39.4. The molecule has 0 spiro atoms. The third-order valence-electron chi connectivity index (χ3n) is 5.44. The largest absolute Gasteiger partial charge is 0.493 e. The van der Waals surface area contributed by atoms with Crippen LogP contribution in [0.25, 0.3) is 10.9 Å². The second-order valence-corrected chi connectivity index (χ2v) is 9.43. The molecule has 1 heterocycles. The van der Waals surface area contributed by atoms with Crippen LogP contribution in [0.1, 0.15) is 11.1 Å². The average Bonchev–Trinajstić information content (AvgIpc) is 3.22. The molecule has 4 aromatic rings. The number of fused-ring (bicyclic) bond motifs is 1. The van der Waals surface area contributed by atoms with Crippen molar-refractivity contribution in [3.63, 3.8) is 0 Å². The summed E-state index contributed by atoms with van der Waals surface area (Å²) in [6.45, 7) is 2.20. The molecule has 0 radical (unpaired) electrons. The molecule has 32 heavy (non-hydrogen) atoms. The normalized spacial score (nSPS) is 11.5. The Bertz CT molecular complexity index is 1290. The molecule has 0 unspecified atom stereocenters. The number of nitrogens with one attached hydrogen (secondary N) is 1. The number of sulfonamides is 1. The fourth-order valence-electron chi connectivity index (χ4n) is 3.67. The first-order chi connectivity index (χ1) is 15.4. The lowest BCUT2D eigenvalue weighted by molar-refractivity contribution is 0.354. The molecule has 0 aliphatic carbocycles. The number of nitrogens with zero attached hydrogens (tertiary/aromatic N) is 1. The number of rotatable bonds is 8. The maximum absolute atomic E-state index is 13.6. The van der Waals surface area contributed by atoms with Crippen molar-refractivity contribution in [1.82, 2.24) is 4.98 Å². The van der Waals surface area contributed by atoms with Crippen LogP contribution in [0.5, 0.6) is 11.5 Å². The molecule has 1 aromatic heterocycles. The molecule has 0 aliphatic heterocycles. The van der Waals surface area contributed by atoms with Crippen LogP contribution in [0.4, 0.5) is 5.82 Å². The van der Waals surface area contributed by atoms with Crippen LogP contribution in [-0.2, 0) is 16.4 Å². The molecular formula is C25H26N2O4S. The summed E-state index contributed by atoms with van der Waals surface area (Å²) >= 11 is 0. The van der Waals surface area contributed by atoms with Crippen LogP contribution in [0.2, 0.25) is 0 Å². The van der Waals surface area contributed by atoms with E-state index in [4.69, 9.17) is 9.47 Å². The molecule has 3 aromatic carbocycles. The molecule has 166 valence electrons. The summed E-state index contributed by atoms with van der Waals surface area (Å²) in [5.74, 6) is 1.78. The van der Waals surface area contributed by atoms with Gasteiger partial charge in [-0.1, -0.05) is 42.0 Å². The maximum atomic E-state index is 13.6. The highest BCUT2D eigenvalue weighted by Gasteiger charge is 2.26. The molecular weight excluding hydrogens is 424 g/mol. The topological polar surface area (TPSA) is 71.6 Å². The van der Waals surface area contributed by atoms with E-state index in [0.29, 0.717) is 23.7 Å². The minimum atomic E-state index is -3.77. The van der Waals surface area contributed by atoms with Gasteiger partial charge < -0.3 is 14.5 Å². The zero-order valence-electron chi connectivity index (χ0n) is 18.3. The van der Waals surface area contributed by atoms with Gasteiger partial charge in [-0.2, -0.15) is 0 Å². The third-order valence-corrected chi connectivity index (χ3v) is 7.27. The van der Waals surface area contributed by atoms with Gasteiger partial charge >= 0.3 is 0 Å².